The third-order valence-electron chi connectivity index (χ3n) is 5.91. The molecule has 0 aromatic carbocycles. The van der Waals surface area contributed by atoms with E-state index >= 15 is 0 Å². The van der Waals surface area contributed by atoms with Crippen molar-refractivity contribution in [1.82, 2.24) is 20.3 Å². The topological polar surface area (TPSA) is 134 Å². The van der Waals surface area contributed by atoms with Crippen molar-refractivity contribution in [3.63, 3.8) is 0 Å². The molecular formula is C20H23Cl2N9O. The van der Waals surface area contributed by atoms with E-state index in [1.165, 1.54) is 0 Å². The highest BCUT2D eigenvalue weighted by Gasteiger charge is 2.47. The number of aromatic nitrogens is 1. The zero-order chi connectivity index (χ0) is 22.3. The highest BCUT2D eigenvalue weighted by molar-refractivity contribution is 6.34. The van der Waals surface area contributed by atoms with Crippen LogP contribution < -0.4 is 16.9 Å². The van der Waals surface area contributed by atoms with E-state index in [9.17, 15) is 0 Å². The van der Waals surface area contributed by atoms with E-state index in [0.29, 0.717) is 34.7 Å². The number of piperidine rings is 1. The smallest absolute Gasteiger partial charge is 0.248 e. The van der Waals surface area contributed by atoms with Crippen molar-refractivity contribution < 1.29 is 4.42 Å². The minimum atomic E-state index is -0.898. The number of hydrogen-bond donors (Lipinski definition) is 3. The summed E-state index contributed by atoms with van der Waals surface area (Å²) < 4.78 is 5.79. The molecule has 0 spiro atoms. The van der Waals surface area contributed by atoms with Gasteiger partial charge in [0.05, 0.1) is 22.0 Å². The Morgan fingerprint density at radius 1 is 1.25 bits per heavy atom. The second kappa shape index (κ2) is 8.36. The number of fused-ring (bicyclic) bond motifs is 1. The number of rotatable bonds is 5. The maximum atomic E-state index is 6.40. The standard InChI is InChI=1S/C20H23Cl2N9O/c21-12-8-14(22)15(25-10-12)11-30-6-2-1-4-13(30)9-20(16-5-3-7-32-16)28-19-27-17(23)26-18(24)31(19)29-20/h3,5,7-8,10,13,29H,1-2,4,6,9,11H2,(H4,23,24,26,27,28). The Bertz CT molecular complexity index is 1100. The Hall–Kier alpha value is -2.66. The van der Waals surface area contributed by atoms with Gasteiger partial charge in [-0.05, 0) is 37.6 Å². The monoisotopic (exact) mass is 475 g/mol. The number of nitrogens with zero attached hydrogens (tertiary/aromatic N) is 6. The van der Waals surface area contributed by atoms with Crippen LogP contribution in [0.1, 0.15) is 37.1 Å². The molecule has 0 aliphatic carbocycles. The van der Waals surface area contributed by atoms with Crippen LogP contribution in [0.25, 0.3) is 0 Å². The molecule has 0 saturated carbocycles. The normalized spacial score (nSPS) is 25.9. The Morgan fingerprint density at radius 2 is 2.12 bits per heavy atom. The average Bonchev–Trinajstić information content (AvgIpc) is 3.40. The molecule has 168 valence electrons. The molecular weight excluding hydrogens is 453 g/mol. The summed E-state index contributed by atoms with van der Waals surface area (Å²) in [7, 11) is 0. The number of hydrazine groups is 1. The minimum Gasteiger partial charge on any atom is -0.465 e. The number of pyridine rings is 1. The van der Waals surface area contributed by atoms with Crippen molar-refractivity contribution in [2.24, 2.45) is 26.4 Å². The lowest BCUT2D eigenvalue weighted by Crippen LogP contribution is -2.55. The maximum absolute atomic E-state index is 6.40. The van der Waals surface area contributed by atoms with Gasteiger partial charge in [0.1, 0.15) is 5.76 Å². The minimum absolute atomic E-state index is 0.0669. The lowest BCUT2D eigenvalue weighted by atomic mass is 9.91. The van der Waals surface area contributed by atoms with E-state index in [2.05, 4.69) is 25.3 Å². The van der Waals surface area contributed by atoms with Crippen LogP contribution in [0.3, 0.4) is 0 Å². The van der Waals surface area contributed by atoms with E-state index in [0.717, 1.165) is 31.5 Å². The van der Waals surface area contributed by atoms with Crippen LogP contribution in [0.2, 0.25) is 10.0 Å². The number of guanidine groups is 3. The van der Waals surface area contributed by atoms with Gasteiger partial charge in [-0.2, -0.15) is 15.4 Å². The van der Waals surface area contributed by atoms with Gasteiger partial charge in [0, 0.05) is 25.2 Å². The van der Waals surface area contributed by atoms with Crippen LogP contribution >= 0.6 is 23.2 Å². The first-order valence-corrected chi connectivity index (χ1v) is 11.1. The van der Waals surface area contributed by atoms with Gasteiger partial charge in [-0.3, -0.25) is 9.88 Å². The highest BCUT2D eigenvalue weighted by Crippen LogP contribution is 2.38. The molecule has 32 heavy (non-hydrogen) atoms. The largest absolute Gasteiger partial charge is 0.465 e. The van der Waals surface area contributed by atoms with Crippen molar-refractivity contribution in [1.29, 1.82) is 0 Å². The van der Waals surface area contributed by atoms with Crippen molar-refractivity contribution in [3.8, 4) is 0 Å². The third kappa shape index (κ3) is 3.95. The molecule has 2 aromatic heterocycles. The quantitative estimate of drug-likeness (QED) is 0.604. The third-order valence-corrected chi connectivity index (χ3v) is 6.44. The summed E-state index contributed by atoms with van der Waals surface area (Å²) >= 11 is 12.4. The molecule has 0 radical (unpaired) electrons. The summed E-state index contributed by atoms with van der Waals surface area (Å²) in [6.45, 7) is 1.54. The fourth-order valence-corrected chi connectivity index (χ4v) is 4.86. The van der Waals surface area contributed by atoms with Crippen LogP contribution in [0.4, 0.5) is 0 Å². The molecule has 10 nitrogen and oxygen atoms in total. The van der Waals surface area contributed by atoms with Gasteiger partial charge in [0.25, 0.3) is 0 Å². The number of furan rings is 1. The van der Waals surface area contributed by atoms with Crippen LogP contribution in [0, 0.1) is 0 Å². The zero-order valence-corrected chi connectivity index (χ0v) is 18.7. The molecule has 5 heterocycles. The van der Waals surface area contributed by atoms with Gasteiger partial charge >= 0.3 is 0 Å². The maximum Gasteiger partial charge on any atom is 0.248 e. The second-order valence-corrected chi connectivity index (χ2v) is 8.89. The van der Waals surface area contributed by atoms with E-state index in [1.807, 2.05) is 12.1 Å². The first-order chi connectivity index (χ1) is 15.4. The van der Waals surface area contributed by atoms with Gasteiger partial charge in [0.15, 0.2) is 5.66 Å². The Balaban J connectivity index is 1.45. The molecule has 2 unspecified atom stereocenters. The molecule has 0 bridgehead atoms. The Morgan fingerprint density at radius 3 is 2.91 bits per heavy atom. The highest BCUT2D eigenvalue weighted by atomic mass is 35.5. The number of hydrogen-bond acceptors (Lipinski definition) is 10. The molecule has 2 aromatic rings. The molecule has 1 saturated heterocycles. The van der Waals surface area contributed by atoms with Crippen LogP contribution in [-0.4, -0.2) is 45.4 Å². The fourth-order valence-electron chi connectivity index (χ4n) is 4.42. The van der Waals surface area contributed by atoms with Gasteiger partial charge in [0.2, 0.25) is 17.9 Å². The first kappa shape index (κ1) is 21.2. The van der Waals surface area contributed by atoms with E-state index in [4.69, 9.17) is 44.1 Å². The summed E-state index contributed by atoms with van der Waals surface area (Å²) in [6, 6.07) is 5.63. The Labute approximate surface area is 195 Å². The van der Waals surface area contributed by atoms with E-state index in [-0.39, 0.29) is 18.0 Å². The summed E-state index contributed by atoms with van der Waals surface area (Å²) in [5.41, 5.74) is 15.1. The molecule has 5 N–H and O–H groups in total. The van der Waals surface area contributed by atoms with Crippen molar-refractivity contribution >= 4 is 41.1 Å². The molecule has 3 aliphatic heterocycles. The molecule has 5 rings (SSSR count). The van der Waals surface area contributed by atoms with Gasteiger partial charge in [-0.15, -0.1) is 0 Å². The average molecular weight is 476 g/mol. The van der Waals surface area contributed by atoms with Crippen LogP contribution in [0.5, 0.6) is 0 Å². The number of nitrogens with one attached hydrogen (secondary N) is 1. The Kier molecular flexibility index (Phi) is 5.54. The summed E-state index contributed by atoms with van der Waals surface area (Å²) in [6.07, 6.45) is 7.08. The number of halogens is 2. The predicted molar refractivity (Wildman–Crippen MR) is 123 cm³/mol. The fraction of sp³-hybridized carbons (Fsp3) is 0.400. The van der Waals surface area contributed by atoms with Gasteiger partial charge in [-0.1, -0.05) is 29.6 Å². The molecule has 3 aliphatic rings. The SMILES string of the molecule is NC1=NC2=NC(CC3CCCCN3Cc3ncc(Cl)cc3Cl)(c3ccco3)NN2C(N)=N1. The second-order valence-electron chi connectivity index (χ2n) is 8.04. The van der Waals surface area contributed by atoms with Crippen molar-refractivity contribution in [2.75, 3.05) is 6.54 Å². The van der Waals surface area contributed by atoms with Crippen LogP contribution in [-0.2, 0) is 12.2 Å². The van der Waals surface area contributed by atoms with Crippen molar-refractivity contribution in [3.05, 3.63) is 52.2 Å². The van der Waals surface area contributed by atoms with Crippen LogP contribution in [0.15, 0.2) is 50.1 Å². The number of nitrogens with two attached hydrogens (primary N) is 2. The van der Waals surface area contributed by atoms with Crippen molar-refractivity contribution in [2.45, 2.75) is 43.9 Å². The molecule has 0 amide bonds. The molecule has 2 atom stereocenters. The van der Waals surface area contributed by atoms with E-state index in [1.54, 1.807) is 23.5 Å². The predicted octanol–water partition coefficient (Wildman–Crippen LogP) is 2.40. The molecule has 12 heteroatoms. The summed E-state index contributed by atoms with van der Waals surface area (Å²) in [5.74, 6) is 1.27. The number of aliphatic imine (C=N–C) groups is 3. The summed E-state index contributed by atoms with van der Waals surface area (Å²) in [4.78, 5) is 20.0. The van der Waals surface area contributed by atoms with Gasteiger partial charge < -0.3 is 15.9 Å². The first-order valence-electron chi connectivity index (χ1n) is 10.4. The lowest BCUT2D eigenvalue weighted by Gasteiger charge is -2.39. The number of likely N-dealkylation sites (tertiary alicyclic amines) is 1. The van der Waals surface area contributed by atoms with E-state index < -0.39 is 5.66 Å². The van der Waals surface area contributed by atoms with Gasteiger partial charge in [-0.25, -0.2) is 10.0 Å². The zero-order valence-electron chi connectivity index (χ0n) is 17.2. The molecule has 1 fully saturated rings. The summed E-state index contributed by atoms with van der Waals surface area (Å²) in [5, 5.41) is 2.63. The lowest BCUT2D eigenvalue weighted by molar-refractivity contribution is 0.0866.